The Morgan fingerprint density at radius 2 is 2.00 bits per heavy atom. The van der Waals surface area contributed by atoms with Crippen LogP contribution in [0.2, 0.25) is 0 Å². The van der Waals surface area contributed by atoms with Gasteiger partial charge < -0.3 is 0 Å². The van der Waals surface area contributed by atoms with Gasteiger partial charge in [-0.1, -0.05) is 37.3 Å². The molecule has 0 N–H and O–H groups in total. The van der Waals surface area contributed by atoms with Crippen LogP contribution in [0.25, 0.3) is 5.57 Å². The SMILES string of the molecule is C/C=C(/C[C@@H](C)C(C)=O)c1ccccc1C. The fraction of sp³-hybridized carbons (Fsp3) is 0.400. The quantitative estimate of drug-likeness (QED) is 0.743. The zero-order valence-electron chi connectivity index (χ0n) is 10.6. The lowest BCUT2D eigenvalue weighted by molar-refractivity contribution is -0.120. The van der Waals surface area contributed by atoms with Gasteiger partial charge in [0, 0.05) is 5.92 Å². The maximum absolute atomic E-state index is 11.3. The second kappa shape index (κ2) is 5.64. The smallest absolute Gasteiger partial charge is 0.132 e. The summed E-state index contributed by atoms with van der Waals surface area (Å²) >= 11 is 0. The highest BCUT2D eigenvalue weighted by Gasteiger charge is 2.12. The highest BCUT2D eigenvalue weighted by Crippen LogP contribution is 2.25. The number of hydrogen-bond donors (Lipinski definition) is 0. The summed E-state index contributed by atoms with van der Waals surface area (Å²) in [5.74, 6) is 0.360. The van der Waals surface area contributed by atoms with E-state index in [1.165, 1.54) is 16.7 Å². The zero-order valence-corrected chi connectivity index (χ0v) is 10.6. The van der Waals surface area contributed by atoms with Crippen molar-refractivity contribution in [3.05, 3.63) is 41.5 Å². The van der Waals surface area contributed by atoms with Crippen molar-refractivity contribution in [1.82, 2.24) is 0 Å². The lowest BCUT2D eigenvalue weighted by Gasteiger charge is -2.13. The van der Waals surface area contributed by atoms with Crippen molar-refractivity contribution in [2.24, 2.45) is 5.92 Å². The minimum atomic E-state index is 0.103. The normalized spacial score (nSPS) is 13.6. The first-order valence-corrected chi connectivity index (χ1v) is 5.78. The van der Waals surface area contributed by atoms with E-state index in [2.05, 4.69) is 25.1 Å². The molecule has 1 aromatic rings. The number of rotatable bonds is 4. The van der Waals surface area contributed by atoms with Gasteiger partial charge in [-0.25, -0.2) is 0 Å². The van der Waals surface area contributed by atoms with Gasteiger partial charge >= 0.3 is 0 Å². The molecule has 86 valence electrons. The van der Waals surface area contributed by atoms with Crippen LogP contribution in [-0.2, 0) is 4.79 Å². The van der Waals surface area contributed by atoms with E-state index in [4.69, 9.17) is 0 Å². The molecule has 0 radical (unpaired) electrons. The molecule has 0 heterocycles. The van der Waals surface area contributed by atoms with Crippen LogP contribution in [0.4, 0.5) is 0 Å². The molecule has 0 aliphatic carbocycles. The van der Waals surface area contributed by atoms with E-state index in [-0.39, 0.29) is 11.7 Å². The standard InChI is InChI=1S/C15H20O/c1-5-14(10-12(3)13(4)16)15-9-7-6-8-11(15)2/h5-9,12H,10H2,1-4H3/b14-5-/t12-/m1/s1. The highest BCUT2D eigenvalue weighted by atomic mass is 16.1. The molecule has 0 aliphatic heterocycles. The van der Waals surface area contributed by atoms with Crippen LogP contribution in [0.5, 0.6) is 0 Å². The van der Waals surface area contributed by atoms with Crippen molar-refractivity contribution < 1.29 is 4.79 Å². The first-order chi connectivity index (χ1) is 7.56. The number of hydrogen-bond acceptors (Lipinski definition) is 1. The minimum absolute atomic E-state index is 0.103. The van der Waals surface area contributed by atoms with Crippen molar-refractivity contribution in [2.75, 3.05) is 0 Å². The van der Waals surface area contributed by atoms with E-state index >= 15 is 0 Å². The summed E-state index contributed by atoms with van der Waals surface area (Å²) in [6, 6.07) is 8.32. The summed E-state index contributed by atoms with van der Waals surface area (Å²) in [7, 11) is 0. The van der Waals surface area contributed by atoms with Gasteiger partial charge in [0.05, 0.1) is 0 Å². The molecule has 1 rings (SSSR count). The fourth-order valence-electron chi connectivity index (χ4n) is 1.79. The van der Waals surface area contributed by atoms with Crippen LogP contribution in [0.1, 0.15) is 38.3 Å². The number of carbonyl (C=O) groups is 1. The maximum atomic E-state index is 11.3. The third kappa shape index (κ3) is 3.06. The first-order valence-electron chi connectivity index (χ1n) is 5.78. The van der Waals surface area contributed by atoms with Gasteiger partial charge in [0.2, 0.25) is 0 Å². The number of ketones is 1. The summed E-state index contributed by atoms with van der Waals surface area (Å²) in [5.41, 5.74) is 3.80. The van der Waals surface area contributed by atoms with E-state index in [0.717, 1.165) is 6.42 Å². The van der Waals surface area contributed by atoms with Crippen molar-refractivity contribution in [2.45, 2.75) is 34.1 Å². The fourth-order valence-corrected chi connectivity index (χ4v) is 1.79. The molecule has 0 aromatic heterocycles. The highest BCUT2D eigenvalue weighted by molar-refractivity contribution is 5.81. The molecule has 1 nitrogen and oxygen atoms in total. The van der Waals surface area contributed by atoms with Crippen LogP contribution in [-0.4, -0.2) is 5.78 Å². The third-order valence-corrected chi connectivity index (χ3v) is 3.06. The Hall–Kier alpha value is -1.37. The molecule has 0 aliphatic rings. The molecule has 0 saturated heterocycles. The van der Waals surface area contributed by atoms with E-state index < -0.39 is 0 Å². The Bertz CT molecular complexity index is 402. The third-order valence-electron chi connectivity index (χ3n) is 3.06. The summed E-state index contributed by atoms with van der Waals surface area (Å²) in [6.45, 7) is 7.80. The molecule has 1 heteroatoms. The molecule has 1 atom stereocenters. The van der Waals surface area contributed by atoms with E-state index in [0.29, 0.717) is 0 Å². The molecule has 16 heavy (non-hydrogen) atoms. The molecule has 0 saturated carbocycles. The largest absolute Gasteiger partial charge is 0.300 e. The van der Waals surface area contributed by atoms with Gasteiger partial charge in [0.1, 0.15) is 5.78 Å². The number of aryl methyl sites for hydroxylation is 1. The van der Waals surface area contributed by atoms with Crippen LogP contribution in [0, 0.1) is 12.8 Å². The van der Waals surface area contributed by atoms with Gasteiger partial charge in [-0.2, -0.15) is 0 Å². The van der Waals surface area contributed by atoms with E-state index in [1.54, 1.807) is 6.92 Å². The summed E-state index contributed by atoms with van der Waals surface area (Å²) in [5, 5.41) is 0. The number of benzene rings is 1. The minimum Gasteiger partial charge on any atom is -0.300 e. The van der Waals surface area contributed by atoms with Crippen molar-refractivity contribution in [3.8, 4) is 0 Å². The van der Waals surface area contributed by atoms with Gasteiger partial charge in [-0.05, 0) is 43.9 Å². The topological polar surface area (TPSA) is 17.1 Å². The van der Waals surface area contributed by atoms with E-state index in [9.17, 15) is 4.79 Å². The predicted molar refractivity (Wildman–Crippen MR) is 69.3 cm³/mol. The summed E-state index contributed by atoms with van der Waals surface area (Å²) in [4.78, 5) is 11.3. The Kier molecular flexibility index (Phi) is 4.48. The second-order valence-corrected chi connectivity index (χ2v) is 4.34. The average Bonchev–Trinajstić information content (AvgIpc) is 2.26. The Labute approximate surface area is 98.2 Å². The van der Waals surface area contributed by atoms with Crippen LogP contribution in [0.15, 0.2) is 30.3 Å². The van der Waals surface area contributed by atoms with Gasteiger partial charge in [0.25, 0.3) is 0 Å². The lowest BCUT2D eigenvalue weighted by atomic mass is 9.91. The summed E-state index contributed by atoms with van der Waals surface area (Å²) in [6.07, 6.45) is 2.94. The molecule has 0 fully saturated rings. The van der Waals surface area contributed by atoms with E-state index in [1.807, 2.05) is 26.0 Å². The van der Waals surface area contributed by atoms with Crippen LogP contribution < -0.4 is 0 Å². The maximum Gasteiger partial charge on any atom is 0.132 e. The number of Topliss-reactive ketones (excluding diaryl/α,β-unsaturated/α-hetero) is 1. The average molecular weight is 216 g/mol. The van der Waals surface area contributed by atoms with Gasteiger partial charge in [0.15, 0.2) is 0 Å². The molecule has 0 bridgehead atoms. The number of allylic oxidation sites excluding steroid dienone is 2. The van der Waals surface area contributed by atoms with Crippen molar-refractivity contribution in [1.29, 1.82) is 0 Å². The molecular formula is C15H20O. The Morgan fingerprint density at radius 1 is 1.38 bits per heavy atom. The second-order valence-electron chi connectivity index (χ2n) is 4.34. The predicted octanol–water partition coefficient (Wildman–Crippen LogP) is 4.01. The Balaban J connectivity index is 2.93. The van der Waals surface area contributed by atoms with Crippen LogP contribution >= 0.6 is 0 Å². The van der Waals surface area contributed by atoms with Crippen LogP contribution in [0.3, 0.4) is 0 Å². The molecule has 0 unspecified atom stereocenters. The van der Waals surface area contributed by atoms with Crippen molar-refractivity contribution >= 4 is 11.4 Å². The van der Waals surface area contributed by atoms with Crippen molar-refractivity contribution in [3.63, 3.8) is 0 Å². The monoisotopic (exact) mass is 216 g/mol. The molecular weight excluding hydrogens is 196 g/mol. The summed E-state index contributed by atoms with van der Waals surface area (Å²) < 4.78 is 0. The lowest BCUT2D eigenvalue weighted by Crippen LogP contribution is -2.07. The molecule has 0 spiro atoms. The molecule has 0 amide bonds. The molecule has 1 aromatic carbocycles. The number of carbonyl (C=O) groups excluding carboxylic acids is 1. The first kappa shape index (κ1) is 12.7. The zero-order chi connectivity index (χ0) is 12.1. The van der Waals surface area contributed by atoms with Gasteiger partial charge in [-0.15, -0.1) is 0 Å². The Morgan fingerprint density at radius 3 is 2.50 bits per heavy atom. The van der Waals surface area contributed by atoms with Gasteiger partial charge in [-0.3, -0.25) is 4.79 Å².